The Labute approximate surface area is 92.9 Å². The van der Waals surface area contributed by atoms with Gasteiger partial charge in [0.05, 0.1) is 12.3 Å². The molecule has 0 radical (unpaired) electrons. The van der Waals surface area contributed by atoms with E-state index in [1.165, 1.54) is 0 Å². The normalized spacial score (nSPS) is 12.1. The highest BCUT2D eigenvalue weighted by molar-refractivity contribution is 5.68. The van der Waals surface area contributed by atoms with Gasteiger partial charge in [0.25, 0.3) is 0 Å². The second kappa shape index (κ2) is 5.25. The van der Waals surface area contributed by atoms with Crippen molar-refractivity contribution in [1.29, 1.82) is 0 Å². The molecule has 0 aliphatic heterocycles. The zero-order valence-electron chi connectivity index (χ0n) is 8.92. The molecule has 1 rings (SSSR count). The highest BCUT2D eigenvalue weighted by Crippen LogP contribution is 2.20. The first-order valence-corrected chi connectivity index (χ1v) is 4.89. The van der Waals surface area contributed by atoms with E-state index >= 15 is 0 Å². The summed E-state index contributed by atoms with van der Waals surface area (Å²) in [5.74, 6) is -1.58. The number of carbonyl (C=O) groups is 1. The van der Waals surface area contributed by atoms with Crippen molar-refractivity contribution < 1.29 is 14.8 Å². The lowest BCUT2D eigenvalue weighted by atomic mass is 9.95. The predicted octanol–water partition coefficient (Wildman–Crippen LogP) is 1.83. The fraction of sp³-hybridized carbons (Fsp3) is 0.364. The van der Waals surface area contributed by atoms with Gasteiger partial charge in [0.15, 0.2) is 0 Å². The molecule has 0 amide bonds. The number of hydrogen-bond acceptors (Lipinski definition) is 3. The van der Waals surface area contributed by atoms with Gasteiger partial charge in [-0.15, -0.1) is 0 Å². The Kier molecular flexibility index (Phi) is 3.99. The first kappa shape index (κ1) is 12.2. The van der Waals surface area contributed by atoms with E-state index < -0.39 is 16.8 Å². The number of nitrogens with zero attached hydrogens (tertiary/aromatic N) is 1. The first-order chi connectivity index (χ1) is 7.49. The summed E-state index contributed by atoms with van der Waals surface area (Å²) in [7, 11) is 0. The first-order valence-electron chi connectivity index (χ1n) is 4.89. The van der Waals surface area contributed by atoms with Gasteiger partial charge < -0.3 is 5.11 Å². The smallest absolute Gasteiger partial charge is 0.304 e. The Balaban J connectivity index is 2.86. The summed E-state index contributed by atoms with van der Waals surface area (Å²) in [6.07, 6.45) is -0.218. The molecule has 0 aliphatic rings. The number of benzene rings is 1. The average Bonchev–Trinajstić information content (AvgIpc) is 2.16. The molecule has 1 aromatic carbocycles. The molecule has 0 spiro atoms. The molecule has 0 aliphatic carbocycles. The van der Waals surface area contributed by atoms with Crippen molar-refractivity contribution in [3.8, 4) is 0 Å². The lowest BCUT2D eigenvalue weighted by Gasteiger charge is -2.10. The van der Waals surface area contributed by atoms with Crippen LogP contribution in [0.15, 0.2) is 24.3 Å². The summed E-state index contributed by atoms with van der Waals surface area (Å²) in [4.78, 5) is 20.6. The van der Waals surface area contributed by atoms with Crippen LogP contribution in [0.25, 0.3) is 0 Å². The molecule has 1 unspecified atom stereocenters. The second-order valence-corrected chi connectivity index (χ2v) is 3.72. The van der Waals surface area contributed by atoms with E-state index in [4.69, 9.17) is 5.11 Å². The molecule has 0 heterocycles. The van der Waals surface area contributed by atoms with Crippen LogP contribution in [0.1, 0.15) is 23.5 Å². The third-order valence-corrected chi connectivity index (χ3v) is 2.34. The molecule has 0 saturated carbocycles. The van der Waals surface area contributed by atoms with Crippen LogP contribution in [0.2, 0.25) is 0 Å². The van der Waals surface area contributed by atoms with Gasteiger partial charge in [-0.05, 0) is 12.5 Å². The van der Waals surface area contributed by atoms with Crippen molar-refractivity contribution >= 4 is 5.97 Å². The molecule has 16 heavy (non-hydrogen) atoms. The summed E-state index contributed by atoms with van der Waals surface area (Å²) in [5, 5.41) is 19.1. The summed E-state index contributed by atoms with van der Waals surface area (Å²) in [6.45, 7) is 1.55. The minimum atomic E-state index is -1.02. The molecular formula is C11H13NO4. The van der Waals surface area contributed by atoms with Gasteiger partial charge in [-0.3, -0.25) is 14.9 Å². The molecular weight excluding hydrogens is 210 g/mol. The van der Waals surface area contributed by atoms with Crippen molar-refractivity contribution in [2.24, 2.45) is 0 Å². The molecule has 1 aromatic rings. The third kappa shape index (κ3) is 3.68. The molecule has 0 bridgehead atoms. The predicted molar refractivity (Wildman–Crippen MR) is 58.0 cm³/mol. The Morgan fingerprint density at radius 2 is 2.00 bits per heavy atom. The van der Waals surface area contributed by atoms with Gasteiger partial charge in [-0.1, -0.05) is 29.8 Å². The van der Waals surface area contributed by atoms with E-state index in [1.807, 2.05) is 19.1 Å². The van der Waals surface area contributed by atoms with Crippen LogP contribution in [0.5, 0.6) is 0 Å². The summed E-state index contributed by atoms with van der Waals surface area (Å²) >= 11 is 0. The van der Waals surface area contributed by atoms with Crippen LogP contribution in [0.3, 0.4) is 0 Å². The van der Waals surface area contributed by atoms with Crippen LogP contribution in [0, 0.1) is 17.0 Å². The lowest BCUT2D eigenvalue weighted by Crippen LogP contribution is -2.16. The van der Waals surface area contributed by atoms with Gasteiger partial charge in [-0.25, -0.2) is 0 Å². The second-order valence-electron chi connectivity index (χ2n) is 3.72. The fourth-order valence-electron chi connectivity index (χ4n) is 1.52. The van der Waals surface area contributed by atoms with Crippen LogP contribution < -0.4 is 0 Å². The average molecular weight is 223 g/mol. The largest absolute Gasteiger partial charge is 0.481 e. The van der Waals surface area contributed by atoms with E-state index in [9.17, 15) is 14.9 Å². The van der Waals surface area contributed by atoms with E-state index in [1.54, 1.807) is 12.1 Å². The van der Waals surface area contributed by atoms with E-state index in [2.05, 4.69) is 0 Å². The van der Waals surface area contributed by atoms with E-state index in [0.717, 1.165) is 5.56 Å². The minimum Gasteiger partial charge on any atom is -0.481 e. The number of hydrogen-bond donors (Lipinski definition) is 1. The van der Waals surface area contributed by atoms with Crippen molar-refractivity contribution in [3.05, 3.63) is 45.5 Å². The Morgan fingerprint density at radius 1 is 1.44 bits per heavy atom. The topological polar surface area (TPSA) is 80.4 Å². The van der Waals surface area contributed by atoms with Crippen molar-refractivity contribution in [3.63, 3.8) is 0 Å². The zero-order valence-corrected chi connectivity index (χ0v) is 8.92. The Bertz CT molecular complexity index is 369. The summed E-state index contributed by atoms with van der Waals surface area (Å²) < 4.78 is 0. The highest BCUT2D eigenvalue weighted by atomic mass is 16.6. The molecule has 5 nitrogen and oxygen atoms in total. The van der Waals surface area contributed by atoms with Gasteiger partial charge in [0.2, 0.25) is 6.54 Å². The maximum atomic E-state index is 10.6. The molecule has 0 fully saturated rings. The molecule has 5 heteroatoms. The third-order valence-electron chi connectivity index (χ3n) is 2.34. The zero-order chi connectivity index (χ0) is 12.1. The van der Waals surface area contributed by atoms with Gasteiger partial charge in [-0.2, -0.15) is 0 Å². The van der Waals surface area contributed by atoms with Gasteiger partial charge in [0.1, 0.15) is 0 Å². The SMILES string of the molecule is Cc1ccc(C(CC(=O)O)C[N+](=O)[O-])cc1. The summed E-state index contributed by atoms with van der Waals surface area (Å²) in [5.41, 5.74) is 1.74. The Morgan fingerprint density at radius 3 is 2.44 bits per heavy atom. The van der Waals surface area contributed by atoms with Gasteiger partial charge in [0, 0.05) is 4.92 Å². The Hall–Kier alpha value is -1.91. The fourth-order valence-corrected chi connectivity index (χ4v) is 1.52. The minimum absolute atomic E-state index is 0.218. The maximum absolute atomic E-state index is 10.6. The van der Waals surface area contributed by atoms with Gasteiger partial charge >= 0.3 is 5.97 Å². The molecule has 0 aromatic heterocycles. The highest BCUT2D eigenvalue weighted by Gasteiger charge is 2.20. The molecule has 86 valence electrons. The van der Waals surface area contributed by atoms with Crippen LogP contribution >= 0.6 is 0 Å². The van der Waals surface area contributed by atoms with Crippen LogP contribution in [-0.4, -0.2) is 22.5 Å². The summed E-state index contributed by atoms with van der Waals surface area (Å²) in [6, 6.07) is 7.13. The number of rotatable bonds is 5. The standard InChI is InChI=1S/C11H13NO4/c1-8-2-4-9(5-3-8)10(6-11(13)14)7-12(15)16/h2-5,10H,6-7H2,1H3,(H,13,14). The van der Waals surface area contributed by atoms with Crippen molar-refractivity contribution in [1.82, 2.24) is 0 Å². The quantitative estimate of drug-likeness (QED) is 0.610. The molecule has 1 N–H and O–H groups in total. The number of aliphatic carboxylic acids is 1. The molecule has 1 atom stereocenters. The van der Waals surface area contributed by atoms with Crippen molar-refractivity contribution in [2.75, 3.05) is 6.54 Å². The van der Waals surface area contributed by atoms with Crippen LogP contribution in [0.4, 0.5) is 0 Å². The number of carboxylic acids is 1. The molecule has 0 saturated heterocycles. The maximum Gasteiger partial charge on any atom is 0.304 e. The number of nitro groups is 1. The van der Waals surface area contributed by atoms with E-state index in [0.29, 0.717) is 5.56 Å². The number of carboxylic acid groups (broad SMARTS) is 1. The lowest BCUT2D eigenvalue weighted by molar-refractivity contribution is -0.483. The van der Waals surface area contributed by atoms with E-state index in [-0.39, 0.29) is 13.0 Å². The van der Waals surface area contributed by atoms with Crippen LogP contribution in [-0.2, 0) is 4.79 Å². The number of aryl methyl sites for hydroxylation is 1. The van der Waals surface area contributed by atoms with Crippen molar-refractivity contribution in [2.45, 2.75) is 19.3 Å². The monoisotopic (exact) mass is 223 g/mol.